The summed E-state index contributed by atoms with van der Waals surface area (Å²) in [5, 5.41) is 23.6. The summed E-state index contributed by atoms with van der Waals surface area (Å²) in [7, 11) is 1.30. The normalized spacial score (nSPS) is 15.5. The van der Waals surface area contributed by atoms with E-state index in [2.05, 4.69) is 46.8 Å². The topological polar surface area (TPSA) is 181 Å². The van der Waals surface area contributed by atoms with Gasteiger partial charge in [0, 0.05) is 53.1 Å². The van der Waals surface area contributed by atoms with Crippen molar-refractivity contribution in [3.8, 4) is 16.9 Å². The fourth-order valence-electron chi connectivity index (χ4n) is 4.53. The molecule has 4 aromatic rings. The number of aromatic amines is 1. The van der Waals surface area contributed by atoms with Crippen molar-refractivity contribution in [1.29, 1.82) is 0 Å². The fourth-order valence-corrected chi connectivity index (χ4v) is 4.71. The van der Waals surface area contributed by atoms with Crippen LogP contribution in [0.4, 0.5) is 16.2 Å². The summed E-state index contributed by atoms with van der Waals surface area (Å²) in [4.78, 5) is 45.2. The number of rotatable bonds is 5. The predicted molar refractivity (Wildman–Crippen MR) is 159 cm³/mol. The van der Waals surface area contributed by atoms with Crippen LogP contribution in [0.3, 0.4) is 0 Å². The number of benzene rings is 2. The molecule has 3 heterocycles. The van der Waals surface area contributed by atoms with Gasteiger partial charge in [-0.3, -0.25) is 14.9 Å². The van der Waals surface area contributed by atoms with Crippen LogP contribution >= 0.6 is 11.6 Å². The number of carbonyl (C=O) groups excluding carboxylic acids is 3. The molecule has 1 aliphatic rings. The third kappa shape index (κ3) is 7.54. The Morgan fingerprint density at radius 3 is 2.84 bits per heavy atom. The van der Waals surface area contributed by atoms with Crippen molar-refractivity contribution in [1.82, 2.24) is 40.8 Å². The highest BCUT2D eigenvalue weighted by molar-refractivity contribution is 6.30. The van der Waals surface area contributed by atoms with Crippen molar-refractivity contribution < 1.29 is 19.1 Å². The Balaban J connectivity index is 1.40. The Morgan fingerprint density at radius 2 is 2.02 bits per heavy atom. The van der Waals surface area contributed by atoms with E-state index in [1.165, 1.54) is 24.2 Å². The lowest BCUT2D eigenvalue weighted by molar-refractivity contribution is -0.122. The smallest absolute Gasteiger partial charge is 0.411 e. The highest BCUT2D eigenvalue weighted by Gasteiger charge is 2.20. The summed E-state index contributed by atoms with van der Waals surface area (Å²) >= 11 is 6.20. The molecule has 2 bridgehead atoms. The number of nitrogens with zero attached hydrogens (tertiary/aromatic N) is 5. The van der Waals surface area contributed by atoms with E-state index >= 15 is 0 Å². The number of ether oxygens (including phenoxy) is 1. The van der Waals surface area contributed by atoms with Gasteiger partial charge in [-0.25, -0.2) is 9.78 Å². The quantitative estimate of drug-likeness (QED) is 0.213. The van der Waals surface area contributed by atoms with Crippen LogP contribution in [0.1, 0.15) is 36.7 Å². The van der Waals surface area contributed by atoms with E-state index in [1.54, 1.807) is 42.6 Å². The van der Waals surface area contributed by atoms with Crippen molar-refractivity contribution in [2.24, 2.45) is 0 Å². The second-order valence-electron chi connectivity index (χ2n) is 9.58. The lowest BCUT2D eigenvalue weighted by atomic mass is 10.1. The number of carbonyl (C=O) groups is 3. The summed E-state index contributed by atoms with van der Waals surface area (Å²) < 4.78 is 6.17. The molecule has 14 nitrogen and oxygen atoms in total. The molecular weight excluding hydrogens is 576 g/mol. The number of tetrazole rings is 1. The minimum Gasteiger partial charge on any atom is -0.453 e. The molecule has 0 radical (unpaired) electrons. The van der Waals surface area contributed by atoms with Gasteiger partial charge in [-0.15, -0.1) is 5.10 Å². The van der Waals surface area contributed by atoms with Crippen LogP contribution in [-0.2, 0) is 14.3 Å². The van der Waals surface area contributed by atoms with E-state index in [-0.39, 0.29) is 12.3 Å². The summed E-state index contributed by atoms with van der Waals surface area (Å²) in [5.41, 5.74) is 4.08. The molecule has 15 heteroatoms. The molecule has 5 rings (SSSR count). The number of amides is 3. The maximum atomic E-state index is 13.1. The number of hydrogen-bond acceptors (Lipinski definition) is 9. The van der Waals surface area contributed by atoms with Gasteiger partial charge >= 0.3 is 6.09 Å². The van der Waals surface area contributed by atoms with Crippen molar-refractivity contribution in [2.75, 3.05) is 30.8 Å². The van der Waals surface area contributed by atoms with E-state index in [0.717, 1.165) is 11.3 Å². The summed E-state index contributed by atoms with van der Waals surface area (Å²) in [6.45, 7) is 1.06. The predicted octanol–water partition coefficient (Wildman–Crippen LogP) is 3.47. The maximum Gasteiger partial charge on any atom is 0.411 e. The zero-order valence-corrected chi connectivity index (χ0v) is 23.9. The molecular formula is C28H29ClN10O4. The van der Waals surface area contributed by atoms with Gasteiger partial charge in [0.1, 0.15) is 12.2 Å². The second kappa shape index (κ2) is 13.6. The number of fused-ring (bicyclic) bond motifs is 4. The van der Waals surface area contributed by atoms with E-state index in [1.807, 2.05) is 6.07 Å². The van der Waals surface area contributed by atoms with Gasteiger partial charge in [0.2, 0.25) is 11.8 Å². The minimum atomic E-state index is -0.588. The van der Waals surface area contributed by atoms with E-state index in [9.17, 15) is 14.4 Å². The number of hydrogen-bond donors (Lipinski definition) is 5. The van der Waals surface area contributed by atoms with E-state index in [0.29, 0.717) is 59.4 Å². The minimum absolute atomic E-state index is 0.131. The molecule has 1 aliphatic heterocycles. The van der Waals surface area contributed by atoms with Crippen LogP contribution in [0, 0.1) is 0 Å². The molecule has 43 heavy (non-hydrogen) atoms. The molecule has 0 aliphatic carbocycles. The molecule has 3 amide bonds. The number of H-pyrrole nitrogens is 1. The Labute approximate surface area is 251 Å². The van der Waals surface area contributed by atoms with E-state index in [4.69, 9.17) is 16.3 Å². The molecule has 1 atom stereocenters. The first-order valence-electron chi connectivity index (χ1n) is 13.5. The lowest BCUT2D eigenvalue weighted by Gasteiger charge is -2.17. The highest BCUT2D eigenvalue weighted by Crippen LogP contribution is 2.31. The third-order valence-electron chi connectivity index (χ3n) is 6.63. The van der Waals surface area contributed by atoms with Gasteiger partial charge in [0.05, 0.1) is 30.7 Å². The molecule has 5 N–H and O–H groups in total. The Bertz CT molecular complexity index is 1640. The molecule has 2 aromatic heterocycles. The summed E-state index contributed by atoms with van der Waals surface area (Å²) in [5.74, 6) is -0.0391. The molecule has 0 saturated heterocycles. The van der Waals surface area contributed by atoms with Crippen LogP contribution in [0.15, 0.2) is 55.0 Å². The van der Waals surface area contributed by atoms with Gasteiger partial charge in [-0.2, -0.15) is 4.68 Å². The number of halogens is 1. The Kier molecular flexibility index (Phi) is 9.26. The molecule has 0 spiro atoms. The van der Waals surface area contributed by atoms with Crippen molar-refractivity contribution in [3.05, 3.63) is 71.4 Å². The number of imidazole rings is 1. The van der Waals surface area contributed by atoms with Crippen molar-refractivity contribution in [3.63, 3.8) is 0 Å². The van der Waals surface area contributed by atoms with Gasteiger partial charge in [0.25, 0.3) is 0 Å². The maximum absolute atomic E-state index is 13.1. The Morgan fingerprint density at radius 1 is 1.16 bits per heavy atom. The first-order chi connectivity index (χ1) is 20.9. The average Bonchev–Trinajstić information content (AvgIpc) is 3.71. The number of nitrogens with one attached hydrogen (secondary N) is 5. The van der Waals surface area contributed by atoms with Gasteiger partial charge in [0.15, 0.2) is 0 Å². The van der Waals surface area contributed by atoms with Crippen LogP contribution < -0.4 is 21.3 Å². The fraction of sp³-hybridized carbons (Fsp3) is 0.250. The average molecular weight is 605 g/mol. The van der Waals surface area contributed by atoms with Crippen molar-refractivity contribution >= 4 is 47.0 Å². The first kappa shape index (κ1) is 29.3. The molecule has 222 valence electrons. The number of anilines is 2. The van der Waals surface area contributed by atoms with Crippen LogP contribution in [0.5, 0.6) is 0 Å². The van der Waals surface area contributed by atoms with Crippen molar-refractivity contribution in [2.45, 2.75) is 25.3 Å². The van der Waals surface area contributed by atoms with Gasteiger partial charge < -0.3 is 25.7 Å². The zero-order valence-electron chi connectivity index (χ0n) is 23.1. The SMILES string of the molecule is COC(=O)Nc1ccc2c(c1)NCCCNC(=O)CC[C@H](NC(=O)/C=C/c1cc(Cl)ccc1-n1cnnn1)c1ncc-2[nH]1. The van der Waals surface area contributed by atoms with Gasteiger partial charge in [-0.05, 0) is 65.7 Å². The van der Waals surface area contributed by atoms with Crippen LogP contribution in [0.2, 0.25) is 5.02 Å². The summed E-state index contributed by atoms with van der Waals surface area (Å²) in [6.07, 6.45) is 6.71. The molecule has 0 unspecified atom stereocenters. The van der Waals surface area contributed by atoms with Crippen LogP contribution in [0.25, 0.3) is 23.0 Å². The lowest BCUT2D eigenvalue weighted by Crippen LogP contribution is -2.31. The zero-order chi connectivity index (χ0) is 30.2. The van der Waals surface area contributed by atoms with E-state index < -0.39 is 18.0 Å². The summed E-state index contributed by atoms with van der Waals surface area (Å²) in [6, 6.07) is 9.96. The molecule has 2 aromatic carbocycles. The highest BCUT2D eigenvalue weighted by atomic mass is 35.5. The standard InChI is InChI=1S/C28H29ClN10O4/c1-43-28(42)34-19-5-6-20-22(14-19)30-11-2-12-31-25(40)10-7-21(27-32-15-23(20)36-27)35-26(41)9-3-17-13-18(29)4-8-24(17)39-16-33-37-38-39/h3-6,8-9,13-16,21,30H,2,7,10-12H2,1H3,(H,31,40)(H,32,36)(H,34,42)(H,35,41)/b9-3+/t21-/m0/s1. The third-order valence-corrected chi connectivity index (χ3v) is 6.87. The second-order valence-corrected chi connectivity index (χ2v) is 10.0. The first-order valence-corrected chi connectivity index (χ1v) is 13.8. The molecule has 0 fully saturated rings. The Hall–Kier alpha value is -5.24. The number of methoxy groups -OCH3 is 1. The largest absolute Gasteiger partial charge is 0.453 e. The number of aromatic nitrogens is 6. The molecule has 0 saturated carbocycles. The van der Waals surface area contributed by atoms with Gasteiger partial charge in [-0.1, -0.05) is 11.6 Å². The van der Waals surface area contributed by atoms with Crippen LogP contribution in [-0.4, -0.2) is 68.3 Å². The monoisotopic (exact) mass is 604 g/mol.